The van der Waals surface area contributed by atoms with Gasteiger partial charge in [-0.15, -0.1) is 0 Å². The van der Waals surface area contributed by atoms with Crippen LogP contribution in [0.5, 0.6) is 0 Å². The van der Waals surface area contributed by atoms with Crippen LogP contribution in [0.1, 0.15) is 53.9 Å². The van der Waals surface area contributed by atoms with Crippen LogP contribution < -0.4 is 0 Å². The lowest BCUT2D eigenvalue weighted by Crippen LogP contribution is -2.44. The van der Waals surface area contributed by atoms with Crippen LogP contribution in [-0.4, -0.2) is 23.8 Å². The van der Waals surface area contributed by atoms with E-state index in [-0.39, 0.29) is 17.3 Å². The van der Waals surface area contributed by atoms with E-state index in [1.807, 2.05) is 34.6 Å². The molecule has 0 amide bonds. The highest BCUT2D eigenvalue weighted by Crippen LogP contribution is 2.45. The fraction of sp³-hybridized carbons (Fsp3) is 0.923. The fourth-order valence-electron chi connectivity index (χ4n) is 2.62. The van der Waals surface area contributed by atoms with Gasteiger partial charge in [-0.25, -0.2) is 0 Å². The molecule has 16 heavy (non-hydrogen) atoms. The van der Waals surface area contributed by atoms with Gasteiger partial charge in [0.2, 0.25) is 0 Å². The molecule has 3 heteroatoms. The third-order valence-electron chi connectivity index (χ3n) is 3.24. The van der Waals surface area contributed by atoms with E-state index in [0.717, 1.165) is 0 Å². The van der Waals surface area contributed by atoms with Crippen LogP contribution in [0.2, 0.25) is 0 Å². The molecule has 3 nitrogen and oxygen atoms in total. The summed E-state index contributed by atoms with van der Waals surface area (Å²) in [6, 6.07) is 0. The van der Waals surface area contributed by atoms with E-state index in [0.29, 0.717) is 19.3 Å². The highest BCUT2D eigenvalue weighted by atomic mass is 16.5. The van der Waals surface area contributed by atoms with Crippen molar-refractivity contribution in [1.82, 2.24) is 0 Å². The van der Waals surface area contributed by atoms with E-state index in [4.69, 9.17) is 4.74 Å². The molecule has 0 bridgehead atoms. The van der Waals surface area contributed by atoms with Gasteiger partial charge in [-0.2, -0.15) is 0 Å². The minimum Gasteiger partial charge on any atom is -0.469 e. The molecule has 2 unspecified atom stereocenters. The lowest BCUT2D eigenvalue weighted by molar-refractivity contribution is -0.156. The first-order chi connectivity index (χ1) is 7.28. The number of carbonyl (C=O) groups is 1. The quantitative estimate of drug-likeness (QED) is 0.705. The Morgan fingerprint density at radius 1 is 1.31 bits per heavy atom. The number of aliphatic hydroxyl groups is 1. The average Bonchev–Trinajstić information content (AvgIpc) is 2.17. The summed E-state index contributed by atoms with van der Waals surface area (Å²) in [6.07, 6.45) is 2.04. The molecular weight excluding hydrogens is 204 g/mol. The average molecular weight is 230 g/mol. The Bertz CT molecular complexity index is 231. The maximum absolute atomic E-state index is 11.5. The highest BCUT2D eigenvalue weighted by Gasteiger charge is 2.45. The second-order valence-corrected chi connectivity index (χ2v) is 5.28. The number of ether oxygens (including phenoxy) is 1. The van der Waals surface area contributed by atoms with Crippen LogP contribution in [-0.2, 0) is 9.53 Å². The normalized spacial score (nSPS) is 32.3. The molecule has 0 aromatic heterocycles. The third kappa shape index (κ3) is 3.78. The van der Waals surface area contributed by atoms with Gasteiger partial charge in [-0.1, -0.05) is 27.7 Å². The maximum Gasteiger partial charge on any atom is 0.309 e. The van der Waals surface area contributed by atoms with E-state index >= 15 is 0 Å². The second-order valence-electron chi connectivity index (χ2n) is 5.28. The number of methoxy groups -OCH3 is 1. The zero-order valence-electron chi connectivity index (χ0n) is 11.5. The SMILES string of the molecule is CC.COC(=O)C1CCC(C)(O)CC1(C)C. The van der Waals surface area contributed by atoms with Crippen molar-refractivity contribution in [3.63, 3.8) is 0 Å². The van der Waals surface area contributed by atoms with Gasteiger partial charge in [0.25, 0.3) is 0 Å². The first kappa shape index (κ1) is 15.4. The van der Waals surface area contributed by atoms with Crippen LogP contribution in [0.4, 0.5) is 0 Å². The molecule has 0 radical (unpaired) electrons. The number of carbonyl (C=O) groups excluding carboxylic acids is 1. The standard InChI is InChI=1S/C11H20O3.C2H6/c1-10(2)7-11(3,13)6-5-8(10)9(12)14-4;1-2/h8,13H,5-7H2,1-4H3;1-2H3. The number of rotatable bonds is 1. The predicted molar refractivity (Wildman–Crippen MR) is 65.1 cm³/mol. The van der Waals surface area contributed by atoms with Gasteiger partial charge in [0.1, 0.15) is 0 Å². The Balaban J connectivity index is 0.00000106. The Morgan fingerprint density at radius 2 is 1.81 bits per heavy atom. The van der Waals surface area contributed by atoms with Gasteiger partial charge < -0.3 is 9.84 Å². The summed E-state index contributed by atoms with van der Waals surface area (Å²) in [5.74, 6) is -0.224. The summed E-state index contributed by atoms with van der Waals surface area (Å²) in [7, 11) is 1.42. The molecule has 1 aliphatic carbocycles. The van der Waals surface area contributed by atoms with Crippen molar-refractivity contribution in [1.29, 1.82) is 0 Å². The zero-order chi connectivity index (χ0) is 13.0. The van der Waals surface area contributed by atoms with Gasteiger partial charge in [0.05, 0.1) is 18.6 Å². The fourth-order valence-corrected chi connectivity index (χ4v) is 2.62. The molecule has 0 aromatic carbocycles. The Hall–Kier alpha value is -0.570. The molecule has 2 atom stereocenters. The van der Waals surface area contributed by atoms with E-state index in [9.17, 15) is 9.90 Å². The zero-order valence-corrected chi connectivity index (χ0v) is 11.5. The predicted octanol–water partition coefficient (Wildman–Crippen LogP) is 2.76. The molecule has 0 spiro atoms. The van der Waals surface area contributed by atoms with Crippen molar-refractivity contribution >= 4 is 5.97 Å². The van der Waals surface area contributed by atoms with Crippen LogP contribution in [0, 0.1) is 11.3 Å². The summed E-state index contributed by atoms with van der Waals surface area (Å²) < 4.78 is 4.77. The molecular formula is C13H26O3. The summed E-state index contributed by atoms with van der Waals surface area (Å²) >= 11 is 0. The third-order valence-corrected chi connectivity index (χ3v) is 3.24. The van der Waals surface area contributed by atoms with Crippen LogP contribution in [0.25, 0.3) is 0 Å². The molecule has 0 aliphatic heterocycles. The molecule has 1 saturated carbocycles. The highest BCUT2D eigenvalue weighted by molar-refractivity contribution is 5.73. The number of hydrogen-bond donors (Lipinski definition) is 1. The van der Waals surface area contributed by atoms with Crippen LogP contribution >= 0.6 is 0 Å². The lowest BCUT2D eigenvalue weighted by Gasteiger charge is -2.43. The number of hydrogen-bond acceptors (Lipinski definition) is 3. The van der Waals surface area contributed by atoms with Gasteiger partial charge in [-0.3, -0.25) is 4.79 Å². The van der Waals surface area contributed by atoms with E-state index in [2.05, 4.69) is 0 Å². The first-order valence-corrected chi connectivity index (χ1v) is 6.09. The van der Waals surface area contributed by atoms with Gasteiger partial charge >= 0.3 is 5.97 Å². The van der Waals surface area contributed by atoms with Crippen molar-refractivity contribution in [2.24, 2.45) is 11.3 Å². The molecule has 1 fully saturated rings. The van der Waals surface area contributed by atoms with E-state index in [1.54, 1.807) is 0 Å². The van der Waals surface area contributed by atoms with Gasteiger partial charge in [0.15, 0.2) is 0 Å². The molecule has 0 heterocycles. The van der Waals surface area contributed by atoms with Crippen molar-refractivity contribution in [3.05, 3.63) is 0 Å². The van der Waals surface area contributed by atoms with Crippen LogP contribution in [0.3, 0.4) is 0 Å². The Labute approximate surface area is 99.2 Å². The first-order valence-electron chi connectivity index (χ1n) is 6.09. The molecule has 1 aliphatic rings. The minimum absolute atomic E-state index is 0.0762. The van der Waals surface area contributed by atoms with E-state index < -0.39 is 5.60 Å². The molecule has 0 aromatic rings. The summed E-state index contributed by atoms with van der Waals surface area (Å²) in [5.41, 5.74) is -0.803. The maximum atomic E-state index is 11.5. The Kier molecular flexibility index (Phi) is 5.47. The molecule has 1 rings (SSSR count). The van der Waals surface area contributed by atoms with Crippen molar-refractivity contribution in [3.8, 4) is 0 Å². The Morgan fingerprint density at radius 3 is 2.19 bits per heavy atom. The molecule has 0 saturated heterocycles. The van der Waals surface area contributed by atoms with Crippen molar-refractivity contribution < 1.29 is 14.6 Å². The monoisotopic (exact) mass is 230 g/mol. The smallest absolute Gasteiger partial charge is 0.309 e. The molecule has 96 valence electrons. The largest absolute Gasteiger partial charge is 0.469 e. The summed E-state index contributed by atoms with van der Waals surface area (Å²) in [6.45, 7) is 9.87. The second kappa shape index (κ2) is 5.67. The molecule has 1 N–H and O–H groups in total. The lowest BCUT2D eigenvalue weighted by atomic mass is 9.64. The van der Waals surface area contributed by atoms with Crippen LogP contribution in [0.15, 0.2) is 0 Å². The summed E-state index contributed by atoms with van der Waals surface area (Å²) in [5, 5.41) is 9.93. The van der Waals surface area contributed by atoms with Gasteiger partial charge in [0, 0.05) is 0 Å². The number of esters is 1. The van der Waals surface area contributed by atoms with Crippen molar-refractivity contribution in [2.45, 2.75) is 59.5 Å². The summed E-state index contributed by atoms with van der Waals surface area (Å²) in [4.78, 5) is 11.5. The van der Waals surface area contributed by atoms with E-state index in [1.165, 1.54) is 7.11 Å². The topological polar surface area (TPSA) is 46.5 Å². The van der Waals surface area contributed by atoms with Gasteiger partial charge in [-0.05, 0) is 31.6 Å². The van der Waals surface area contributed by atoms with Crippen molar-refractivity contribution in [2.75, 3.05) is 7.11 Å². The minimum atomic E-state index is -0.631.